The van der Waals surface area contributed by atoms with Gasteiger partial charge >= 0.3 is 5.97 Å². The Hall–Kier alpha value is -2.48. The molecule has 1 fully saturated rings. The monoisotopic (exact) mass is 348 g/mol. The Morgan fingerprint density at radius 2 is 2.20 bits per heavy atom. The van der Waals surface area contributed by atoms with Gasteiger partial charge in [-0.3, -0.25) is 19.9 Å². The van der Waals surface area contributed by atoms with Crippen molar-refractivity contribution < 1.29 is 14.5 Å². The minimum atomic E-state index is -0.476. The maximum Gasteiger partial charge on any atom is 0.313 e. The first-order valence-electron chi connectivity index (χ1n) is 8.36. The third kappa shape index (κ3) is 6.50. The van der Waals surface area contributed by atoms with Gasteiger partial charge in [-0.2, -0.15) is 0 Å². The van der Waals surface area contributed by atoms with E-state index in [9.17, 15) is 14.9 Å². The number of nitrogens with zero attached hydrogens (tertiary/aromatic N) is 2. The second-order valence-corrected chi connectivity index (χ2v) is 6.33. The minimum absolute atomic E-state index is 0.00194. The molecule has 1 aromatic rings. The van der Waals surface area contributed by atoms with Gasteiger partial charge in [-0.05, 0) is 56.5 Å². The number of nitrogens with two attached hydrogens (primary N) is 1. The van der Waals surface area contributed by atoms with Crippen molar-refractivity contribution in [3.63, 3.8) is 0 Å². The molecule has 8 heteroatoms. The molecular formula is C17H24N4O4. The Morgan fingerprint density at radius 1 is 1.48 bits per heavy atom. The molecule has 8 nitrogen and oxygen atoms in total. The number of carbonyl (C=O) groups excluding carboxylic acids is 1. The van der Waals surface area contributed by atoms with Gasteiger partial charge in [-0.1, -0.05) is 0 Å². The van der Waals surface area contributed by atoms with Crippen molar-refractivity contribution in [1.29, 1.82) is 0 Å². The van der Waals surface area contributed by atoms with E-state index in [4.69, 9.17) is 10.5 Å². The highest BCUT2D eigenvalue weighted by molar-refractivity contribution is 5.96. The van der Waals surface area contributed by atoms with E-state index in [2.05, 4.69) is 10.3 Å². The van der Waals surface area contributed by atoms with E-state index < -0.39 is 10.9 Å². The van der Waals surface area contributed by atoms with Gasteiger partial charge in [0.15, 0.2) is 0 Å². The molecule has 2 unspecified atom stereocenters. The van der Waals surface area contributed by atoms with Crippen molar-refractivity contribution in [2.75, 3.05) is 13.1 Å². The number of esters is 1. The average Bonchev–Trinajstić information content (AvgIpc) is 3.05. The fraction of sp³-hybridized carbons (Fsp3) is 0.529. The van der Waals surface area contributed by atoms with Crippen LogP contribution in [0.1, 0.15) is 31.7 Å². The lowest BCUT2D eigenvalue weighted by Crippen LogP contribution is -2.22. The Bertz CT molecular complexity index is 624. The summed E-state index contributed by atoms with van der Waals surface area (Å²) in [6.07, 6.45) is 2.04. The van der Waals surface area contributed by atoms with Crippen LogP contribution in [0.5, 0.6) is 0 Å². The number of amidine groups is 1. The highest BCUT2D eigenvalue weighted by Gasteiger charge is 2.17. The second-order valence-electron chi connectivity index (χ2n) is 6.33. The second kappa shape index (κ2) is 9.12. The summed E-state index contributed by atoms with van der Waals surface area (Å²) in [4.78, 5) is 26.3. The van der Waals surface area contributed by atoms with Crippen molar-refractivity contribution in [3.8, 4) is 0 Å². The predicted molar refractivity (Wildman–Crippen MR) is 94.2 cm³/mol. The molecule has 0 aromatic heterocycles. The minimum Gasteiger partial charge on any atom is -0.460 e. The van der Waals surface area contributed by atoms with E-state index in [0.717, 1.165) is 25.9 Å². The third-order valence-electron chi connectivity index (χ3n) is 4.10. The Balaban J connectivity index is 1.74. The molecule has 25 heavy (non-hydrogen) atoms. The normalized spacial score (nSPS) is 18.8. The number of carbonyl (C=O) groups is 1. The van der Waals surface area contributed by atoms with Crippen molar-refractivity contribution in [1.82, 2.24) is 5.32 Å². The molecule has 1 aromatic carbocycles. The summed E-state index contributed by atoms with van der Waals surface area (Å²) in [5, 5.41) is 13.9. The number of ether oxygens (including phenoxy) is 1. The van der Waals surface area contributed by atoms with Crippen molar-refractivity contribution in [2.45, 2.75) is 38.8 Å². The summed E-state index contributed by atoms with van der Waals surface area (Å²) >= 11 is 0. The zero-order valence-corrected chi connectivity index (χ0v) is 14.3. The molecule has 0 bridgehead atoms. The zero-order valence-electron chi connectivity index (χ0n) is 14.3. The number of nitro groups is 1. The van der Waals surface area contributed by atoms with E-state index in [1.165, 1.54) is 12.1 Å². The van der Waals surface area contributed by atoms with Gasteiger partial charge in [0.25, 0.3) is 5.69 Å². The zero-order chi connectivity index (χ0) is 18.2. The number of non-ortho nitro benzene ring substituents is 1. The van der Waals surface area contributed by atoms with Crippen LogP contribution < -0.4 is 11.1 Å². The molecule has 0 saturated carbocycles. The van der Waals surface area contributed by atoms with Gasteiger partial charge in [-0.15, -0.1) is 0 Å². The first-order chi connectivity index (χ1) is 11.9. The van der Waals surface area contributed by atoms with Crippen molar-refractivity contribution in [3.05, 3.63) is 39.9 Å². The average molecular weight is 348 g/mol. The van der Waals surface area contributed by atoms with Gasteiger partial charge in [0, 0.05) is 18.2 Å². The molecule has 0 spiro atoms. The number of hydrogen-bond acceptors (Lipinski definition) is 6. The Kier molecular flexibility index (Phi) is 6.88. The highest BCUT2D eigenvalue weighted by Crippen LogP contribution is 2.16. The van der Waals surface area contributed by atoms with Gasteiger partial charge in [0.05, 0.1) is 4.92 Å². The first kappa shape index (κ1) is 18.9. The molecule has 2 rings (SSSR count). The van der Waals surface area contributed by atoms with E-state index in [-0.39, 0.29) is 30.6 Å². The summed E-state index contributed by atoms with van der Waals surface area (Å²) < 4.78 is 5.13. The van der Waals surface area contributed by atoms with Crippen LogP contribution in [-0.4, -0.2) is 35.9 Å². The summed E-state index contributed by atoms with van der Waals surface area (Å²) in [5.74, 6) is 0.419. The van der Waals surface area contributed by atoms with E-state index in [1.807, 2.05) is 6.92 Å². The van der Waals surface area contributed by atoms with Gasteiger partial charge in [-0.25, -0.2) is 0 Å². The van der Waals surface area contributed by atoms with Crippen LogP contribution in [0.25, 0.3) is 0 Å². The fourth-order valence-electron chi connectivity index (χ4n) is 2.86. The molecule has 0 aliphatic carbocycles. The SMILES string of the molecule is CC(CC1CCNC1)N=C(N)CC(=O)OCc1ccc([N+](=O)[O-])cc1. The maximum atomic E-state index is 11.8. The van der Waals surface area contributed by atoms with E-state index >= 15 is 0 Å². The Morgan fingerprint density at radius 3 is 2.80 bits per heavy atom. The molecular weight excluding hydrogens is 324 g/mol. The van der Waals surface area contributed by atoms with Crippen LogP contribution in [0.3, 0.4) is 0 Å². The number of aliphatic imine (C=N–C) groups is 1. The quantitative estimate of drug-likeness (QED) is 0.243. The molecule has 2 atom stereocenters. The third-order valence-corrected chi connectivity index (χ3v) is 4.10. The number of rotatable bonds is 8. The van der Waals surface area contributed by atoms with Crippen LogP contribution in [0.2, 0.25) is 0 Å². The fourth-order valence-corrected chi connectivity index (χ4v) is 2.86. The van der Waals surface area contributed by atoms with Crippen LogP contribution in [0.4, 0.5) is 5.69 Å². The first-order valence-corrected chi connectivity index (χ1v) is 8.36. The number of nitro benzene ring substituents is 1. The topological polar surface area (TPSA) is 120 Å². The highest BCUT2D eigenvalue weighted by atomic mass is 16.6. The number of benzene rings is 1. The van der Waals surface area contributed by atoms with Crippen LogP contribution in [0.15, 0.2) is 29.3 Å². The smallest absolute Gasteiger partial charge is 0.313 e. The number of nitrogens with one attached hydrogen (secondary N) is 1. The molecule has 1 heterocycles. The summed E-state index contributed by atoms with van der Waals surface area (Å²) in [6.45, 7) is 4.10. The predicted octanol–water partition coefficient (Wildman–Crippen LogP) is 1.77. The van der Waals surface area contributed by atoms with Crippen molar-refractivity contribution in [2.24, 2.45) is 16.6 Å². The van der Waals surface area contributed by atoms with Gasteiger partial charge < -0.3 is 15.8 Å². The lowest BCUT2D eigenvalue weighted by molar-refractivity contribution is -0.384. The van der Waals surface area contributed by atoms with Crippen LogP contribution in [0, 0.1) is 16.0 Å². The molecule has 136 valence electrons. The van der Waals surface area contributed by atoms with Gasteiger partial charge in [0.1, 0.15) is 18.9 Å². The van der Waals surface area contributed by atoms with Crippen LogP contribution >= 0.6 is 0 Å². The molecule has 0 amide bonds. The van der Waals surface area contributed by atoms with E-state index in [1.54, 1.807) is 12.1 Å². The summed E-state index contributed by atoms with van der Waals surface area (Å²) in [5.41, 5.74) is 6.51. The van der Waals surface area contributed by atoms with Crippen molar-refractivity contribution >= 4 is 17.5 Å². The van der Waals surface area contributed by atoms with Crippen LogP contribution in [-0.2, 0) is 16.1 Å². The lowest BCUT2D eigenvalue weighted by Gasteiger charge is -2.13. The molecule has 3 N–H and O–H groups in total. The lowest BCUT2D eigenvalue weighted by atomic mass is 10.0. The van der Waals surface area contributed by atoms with Gasteiger partial charge in [0.2, 0.25) is 0 Å². The van der Waals surface area contributed by atoms with E-state index in [0.29, 0.717) is 11.5 Å². The maximum absolute atomic E-state index is 11.8. The summed E-state index contributed by atoms with van der Waals surface area (Å²) in [6, 6.07) is 5.94. The molecule has 0 radical (unpaired) electrons. The number of hydrogen-bond donors (Lipinski definition) is 2. The standard InChI is InChI=1S/C17H24N4O4/c1-12(8-14-6-7-19-10-14)20-16(18)9-17(22)25-11-13-2-4-15(5-3-13)21(23)24/h2-5,12,14,19H,6-11H2,1H3,(H2,18,20). The molecule has 1 aliphatic heterocycles. The summed E-state index contributed by atoms with van der Waals surface area (Å²) in [7, 11) is 0. The molecule has 1 saturated heterocycles. The molecule has 1 aliphatic rings. The Labute approximate surface area is 146 Å². The largest absolute Gasteiger partial charge is 0.460 e.